The number of phenolic OH excluding ortho intramolecular Hbond substituents is 1. The van der Waals surface area contributed by atoms with Crippen LogP contribution in [0.3, 0.4) is 0 Å². The van der Waals surface area contributed by atoms with E-state index >= 15 is 0 Å². The fraction of sp³-hybridized carbons (Fsp3) is 0.667. The van der Waals surface area contributed by atoms with Crippen molar-refractivity contribution in [3.8, 4) is 5.75 Å². The quantitative estimate of drug-likeness (QED) is 0.725. The highest BCUT2D eigenvalue weighted by atomic mass is 16.3. The van der Waals surface area contributed by atoms with E-state index in [0.717, 1.165) is 17.5 Å². The van der Waals surface area contributed by atoms with Crippen LogP contribution in [0.2, 0.25) is 0 Å². The van der Waals surface area contributed by atoms with Gasteiger partial charge in [0.15, 0.2) is 0 Å². The summed E-state index contributed by atoms with van der Waals surface area (Å²) in [6.45, 7) is 19.1. The highest BCUT2D eigenvalue weighted by Crippen LogP contribution is 2.38. The molecular formula is C18H32O. The van der Waals surface area contributed by atoms with E-state index in [4.69, 9.17) is 0 Å². The second-order valence-electron chi connectivity index (χ2n) is 6.68. The molecule has 0 unspecified atom stereocenters. The van der Waals surface area contributed by atoms with Crippen molar-refractivity contribution in [3.63, 3.8) is 0 Å². The third-order valence-electron chi connectivity index (χ3n) is 3.77. The first-order valence-electron chi connectivity index (χ1n) is 7.44. The molecule has 1 N–H and O–H groups in total. The Kier molecular flexibility index (Phi) is 6.12. The summed E-state index contributed by atoms with van der Waals surface area (Å²) in [7, 11) is 0. The smallest absolute Gasteiger partial charge is 0.122 e. The third kappa shape index (κ3) is 4.26. The van der Waals surface area contributed by atoms with Crippen molar-refractivity contribution in [3.05, 3.63) is 28.8 Å². The van der Waals surface area contributed by atoms with Gasteiger partial charge in [-0.2, -0.15) is 0 Å². The Morgan fingerprint density at radius 3 is 1.84 bits per heavy atom. The van der Waals surface area contributed by atoms with Crippen molar-refractivity contribution >= 4 is 0 Å². The van der Waals surface area contributed by atoms with E-state index < -0.39 is 0 Å². The number of aryl methyl sites for hydroxylation is 1. The fourth-order valence-corrected chi connectivity index (χ4v) is 1.95. The molecule has 1 rings (SSSR count). The molecule has 1 aromatic carbocycles. The maximum atomic E-state index is 10.2. The van der Waals surface area contributed by atoms with Crippen molar-refractivity contribution in [2.75, 3.05) is 0 Å². The fourth-order valence-electron chi connectivity index (χ4n) is 1.95. The second kappa shape index (κ2) is 6.45. The van der Waals surface area contributed by atoms with Crippen LogP contribution >= 0.6 is 0 Å². The molecule has 110 valence electrons. The molecule has 0 aliphatic rings. The lowest BCUT2D eigenvalue weighted by molar-refractivity contribution is 0.438. The number of hydrogen-bond acceptors (Lipinski definition) is 1. The van der Waals surface area contributed by atoms with E-state index in [0.29, 0.717) is 5.75 Å². The Morgan fingerprint density at radius 2 is 1.47 bits per heavy atom. The van der Waals surface area contributed by atoms with Gasteiger partial charge in [-0.3, -0.25) is 0 Å². The van der Waals surface area contributed by atoms with Gasteiger partial charge >= 0.3 is 0 Å². The van der Waals surface area contributed by atoms with Gasteiger partial charge in [-0.25, -0.2) is 0 Å². The van der Waals surface area contributed by atoms with Crippen LogP contribution in [0.4, 0.5) is 0 Å². The van der Waals surface area contributed by atoms with Gasteiger partial charge in [0.2, 0.25) is 0 Å². The molecule has 0 atom stereocenters. The summed E-state index contributed by atoms with van der Waals surface area (Å²) in [6.07, 6.45) is 1.10. The third-order valence-corrected chi connectivity index (χ3v) is 3.77. The van der Waals surface area contributed by atoms with Crippen LogP contribution < -0.4 is 0 Å². The first kappa shape index (κ1) is 18.0. The lowest BCUT2D eigenvalue weighted by Gasteiger charge is -2.28. The highest BCUT2D eigenvalue weighted by Gasteiger charge is 2.25. The Hall–Kier alpha value is -0.980. The lowest BCUT2D eigenvalue weighted by Crippen LogP contribution is -2.19. The molecule has 0 heterocycles. The second-order valence-corrected chi connectivity index (χ2v) is 6.68. The van der Waals surface area contributed by atoms with Gasteiger partial charge in [-0.05, 0) is 40.9 Å². The zero-order chi connectivity index (χ0) is 15.4. The zero-order valence-electron chi connectivity index (χ0n) is 14.3. The Bertz CT molecular complexity index is 408. The lowest BCUT2D eigenvalue weighted by atomic mass is 9.77. The SMILES string of the molecule is CC.CCC(C)(C)c1cc(C)c(O)c(C(C)(C)C)c1. The van der Waals surface area contributed by atoms with Gasteiger partial charge in [-0.15, -0.1) is 0 Å². The molecule has 0 saturated heterocycles. The summed E-state index contributed by atoms with van der Waals surface area (Å²) in [4.78, 5) is 0. The van der Waals surface area contributed by atoms with E-state index in [1.54, 1.807) is 0 Å². The van der Waals surface area contributed by atoms with Gasteiger partial charge < -0.3 is 5.11 Å². The van der Waals surface area contributed by atoms with E-state index in [9.17, 15) is 5.11 Å². The normalized spacial score (nSPS) is 11.8. The van der Waals surface area contributed by atoms with Gasteiger partial charge in [0.25, 0.3) is 0 Å². The molecule has 0 radical (unpaired) electrons. The largest absolute Gasteiger partial charge is 0.507 e. The molecule has 0 aliphatic heterocycles. The average molecular weight is 264 g/mol. The number of rotatable bonds is 2. The minimum absolute atomic E-state index is 0.0192. The molecule has 0 saturated carbocycles. The molecule has 1 aromatic rings. The van der Waals surface area contributed by atoms with E-state index in [-0.39, 0.29) is 10.8 Å². The summed E-state index contributed by atoms with van der Waals surface area (Å²) in [5.41, 5.74) is 3.50. The molecular weight excluding hydrogens is 232 g/mol. The van der Waals surface area contributed by atoms with Crippen LogP contribution in [0.25, 0.3) is 0 Å². The summed E-state index contributed by atoms with van der Waals surface area (Å²) >= 11 is 0. The maximum Gasteiger partial charge on any atom is 0.122 e. The van der Waals surface area contributed by atoms with Crippen molar-refractivity contribution in [2.24, 2.45) is 0 Å². The molecule has 19 heavy (non-hydrogen) atoms. The molecule has 1 nitrogen and oxygen atoms in total. The standard InChI is InChI=1S/C16H26O.C2H6/c1-8-16(6,7)12-9-11(2)14(17)13(10-12)15(3,4)5;1-2/h9-10,17H,8H2,1-7H3;1-2H3. The van der Waals surface area contributed by atoms with E-state index in [2.05, 4.69) is 53.7 Å². The number of benzene rings is 1. The van der Waals surface area contributed by atoms with Gasteiger partial charge in [-0.1, -0.05) is 67.5 Å². The van der Waals surface area contributed by atoms with Crippen molar-refractivity contribution < 1.29 is 5.11 Å². The molecule has 0 aliphatic carbocycles. The number of hydrogen-bond donors (Lipinski definition) is 1. The predicted octanol–water partition coefficient (Wildman–Crippen LogP) is 5.71. The summed E-state index contributed by atoms with van der Waals surface area (Å²) in [5.74, 6) is 0.452. The van der Waals surface area contributed by atoms with E-state index in [1.165, 1.54) is 5.56 Å². The minimum Gasteiger partial charge on any atom is -0.507 e. The first-order valence-corrected chi connectivity index (χ1v) is 7.44. The van der Waals surface area contributed by atoms with Crippen LogP contribution in [-0.2, 0) is 10.8 Å². The average Bonchev–Trinajstić information content (AvgIpc) is 2.33. The van der Waals surface area contributed by atoms with Gasteiger partial charge in [0.05, 0.1) is 0 Å². The highest BCUT2D eigenvalue weighted by molar-refractivity contribution is 5.48. The minimum atomic E-state index is -0.0192. The summed E-state index contributed by atoms with van der Waals surface area (Å²) < 4.78 is 0. The van der Waals surface area contributed by atoms with Crippen LogP contribution in [0.5, 0.6) is 5.75 Å². The Balaban J connectivity index is 0.00000154. The van der Waals surface area contributed by atoms with Crippen LogP contribution in [0, 0.1) is 6.92 Å². The van der Waals surface area contributed by atoms with Crippen molar-refractivity contribution in [1.29, 1.82) is 0 Å². The summed E-state index contributed by atoms with van der Waals surface area (Å²) in [5, 5.41) is 10.2. The van der Waals surface area contributed by atoms with Crippen LogP contribution in [0.1, 0.15) is 78.5 Å². The zero-order valence-corrected chi connectivity index (χ0v) is 14.3. The Morgan fingerprint density at radius 1 is 1.00 bits per heavy atom. The Labute approximate surface area is 120 Å². The molecule has 1 heteroatoms. The van der Waals surface area contributed by atoms with Crippen molar-refractivity contribution in [1.82, 2.24) is 0 Å². The number of phenols is 1. The van der Waals surface area contributed by atoms with Crippen LogP contribution in [-0.4, -0.2) is 5.11 Å². The van der Waals surface area contributed by atoms with Gasteiger partial charge in [0.1, 0.15) is 5.75 Å². The molecule has 0 fully saturated rings. The maximum absolute atomic E-state index is 10.2. The van der Waals surface area contributed by atoms with Crippen LogP contribution in [0.15, 0.2) is 12.1 Å². The first-order chi connectivity index (χ1) is 8.59. The van der Waals surface area contributed by atoms with E-state index in [1.807, 2.05) is 20.8 Å². The molecule has 0 amide bonds. The molecule has 0 bridgehead atoms. The topological polar surface area (TPSA) is 20.2 Å². The monoisotopic (exact) mass is 264 g/mol. The van der Waals surface area contributed by atoms with Gasteiger partial charge in [0, 0.05) is 0 Å². The van der Waals surface area contributed by atoms with Crippen molar-refractivity contribution in [2.45, 2.75) is 79.6 Å². The molecule has 0 aromatic heterocycles. The number of aromatic hydroxyl groups is 1. The predicted molar refractivity (Wildman–Crippen MR) is 86.2 cm³/mol. The molecule has 0 spiro atoms. The summed E-state index contributed by atoms with van der Waals surface area (Å²) in [6, 6.07) is 4.29.